The van der Waals surface area contributed by atoms with E-state index in [0.717, 1.165) is 22.0 Å². The van der Waals surface area contributed by atoms with Gasteiger partial charge in [0.2, 0.25) is 18.6 Å². The lowest BCUT2D eigenvalue weighted by atomic mass is 10.1. The number of fused-ring (bicyclic) bond motifs is 2. The average molecular weight is 388 g/mol. The molecule has 2 amide bonds. The topological polar surface area (TPSA) is 67.9 Å². The molecular weight excluding hydrogens is 368 g/mol. The largest absolute Gasteiger partial charge is 0.454 e. The van der Waals surface area contributed by atoms with Gasteiger partial charge in [0.1, 0.15) is 0 Å². The van der Waals surface area contributed by atoms with E-state index in [0.29, 0.717) is 11.5 Å². The Bertz CT molecular complexity index is 1100. The normalized spacial score (nSPS) is 12.3. The number of likely N-dealkylation sites (N-methyl/N-ethyl adjacent to an activating group) is 1. The zero-order valence-electron chi connectivity index (χ0n) is 15.9. The third-order valence-electron chi connectivity index (χ3n) is 4.64. The van der Waals surface area contributed by atoms with E-state index in [-0.39, 0.29) is 25.2 Å². The number of nitrogens with one attached hydrogen (secondary N) is 1. The molecular formula is C23H20N2O4. The van der Waals surface area contributed by atoms with Gasteiger partial charge in [-0.15, -0.1) is 0 Å². The first-order valence-electron chi connectivity index (χ1n) is 9.20. The molecule has 4 rings (SSSR count). The molecule has 0 aromatic heterocycles. The molecule has 3 aromatic rings. The molecule has 1 heterocycles. The van der Waals surface area contributed by atoms with Crippen molar-refractivity contribution in [3.8, 4) is 11.5 Å². The second kappa shape index (κ2) is 8.06. The Labute approximate surface area is 168 Å². The van der Waals surface area contributed by atoms with Crippen molar-refractivity contribution < 1.29 is 19.1 Å². The second-order valence-electron chi connectivity index (χ2n) is 6.72. The highest BCUT2D eigenvalue weighted by Gasteiger charge is 2.14. The van der Waals surface area contributed by atoms with Gasteiger partial charge in [0.05, 0.1) is 6.54 Å². The minimum atomic E-state index is -0.268. The Morgan fingerprint density at radius 1 is 1.03 bits per heavy atom. The summed E-state index contributed by atoms with van der Waals surface area (Å²) in [5.41, 5.74) is 1.54. The van der Waals surface area contributed by atoms with Gasteiger partial charge in [-0.05, 0) is 35.2 Å². The third-order valence-corrected chi connectivity index (χ3v) is 4.64. The van der Waals surface area contributed by atoms with E-state index in [2.05, 4.69) is 5.32 Å². The molecule has 3 aromatic carbocycles. The van der Waals surface area contributed by atoms with E-state index in [4.69, 9.17) is 9.47 Å². The van der Waals surface area contributed by atoms with E-state index < -0.39 is 0 Å². The van der Waals surface area contributed by atoms with E-state index in [9.17, 15) is 9.59 Å². The summed E-state index contributed by atoms with van der Waals surface area (Å²) in [6.45, 7) is 0.156. The summed E-state index contributed by atoms with van der Waals surface area (Å²) in [7, 11) is 1.59. The van der Waals surface area contributed by atoms with Crippen molar-refractivity contribution in [2.24, 2.45) is 0 Å². The maximum absolute atomic E-state index is 12.4. The van der Waals surface area contributed by atoms with Crippen LogP contribution in [0.4, 0.5) is 5.69 Å². The number of hydrogen-bond acceptors (Lipinski definition) is 4. The molecule has 1 N–H and O–H groups in total. The lowest BCUT2D eigenvalue weighted by Gasteiger charge is -2.15. The number of anilines is 1. The Kier molecular flexibility index (Phi) is 5.16. The summed E-state index contributed by atoms with van der Waals surface area (Å²) in [6.07, 6.45) is 3.12. The van der Waals surface area contributed by atoms with Crippen LogP contribution in [0.2, 0.25) is 0 Å². The summed E-state index contributed by atoms with van der Waals surface area (Å²) in [4.78, 5) is 26.1. The average Bonchev–Trinajstić information content (AvgIpc) is 3.20. The summed E-state index contributed by atoms with van der Waals surface area (Å²) in [5, 5.41) is 4.89. The van der Waals surface area contributed by atoms with Crippen LogP contribution in [-0.2, 0) is 9.59 Å². The van der Waals surface area contributed by atoms with Gasteiger partial charge in [-0.1, -0.05) is 42.5 Å². The molecule has 0 saturated heterocycles. The first-order valence-corrected chi connectivity index (χ1v) is 9.20. The summed E-state index contributed by atoms with van der Waals surface area (Å²) < 4.78 is 10.6. The molecule has 0 atom stereocenters. The number of nitrogens with zero attached hydrogens (tertiary/aromatic N) is 1. The molecule has 0 fully saturated rings. The maximum Gasteiger partial charge on any atom is 0.246 e. The molecule has 0 aliphatic carbocycles. The van der Waals surface area contributed by atoms with Crippen LogP contribution in [0.3, 0.4) is 0 Å². The molecule has 1 aliphatic heterocycles. The summed E-state index contributed by atoms with van der Waals surface area (Å²) in [6, 6.07) is 19.0. The highest BCUT2D eigenvalue weighted by atomic mass is 16.7. The van der Waals surface area contributed by atoms with Crippen molar-refractivity contribution in [1.82, 2.24) is 4.90 Å². The Balaban J connectivity index is 1.37. The van der Waals surface area contributed by atoms with Gasteiger partial charge in [0, 0.05) is 24.2 Å². The number of carbonyl (C=O) groups is 2. The van der Waals surface area contributed by atoms with Crippen LogP contribution in [0, 0.1) is 0 Å². The van der Waals surface area contributed by atoms with Gasteiger partial charge in [0.15, 0.2) is 11.5 Å². The quantitative estimate of drug-likeness (QED) is 0.677. The van der Waals surface area contributed by atoms with Gasteiger partial charge in [0.25, 0.3) is 0 Å². The van der Waals surface area contributed by atoms with E-state index in [1.54, 1.807) is 25.3 Å². The van der Waals surface area contributed by atoms with Crippen LogP contribution in [0.15, 0.2) is 66.7 Å². The third kappa shape index (κ3) is 4.21. The van der Waals surface area contributed by atoms with E-state index in [1.807, 2.05) is 48.5 Å². The monoisotopic (exact) mass is 388 g/mol. The number of ether oxygens (including phenoxy) is 2. The number of benzene rings is 3. The van der Waals surface area contributed by atoms with Crippen molar-refractivity contribution in [2.75, 3.05) is 25.7 Å². The fourth-order valence-electron chi connectivity index (χ4n) is 3.13. The second-order valence-corrected chi connectivity index (χ2v) is 6.72. The Morgan fingerprint density at radius 3 is 2.72 bits per heavy atom. The fraction of sp³-hybridized carbons (Fsp3) is 0.130. The van der Waals surface area contributed by atoms with Gasteiger partial charge in [-0.25, -0.2) is 0 Å². The lowest BCUT2D eigenvalue weighted by molar-refractivity contribution is -0.129. The van der Waals surface area contributed by atoms with Gasteiger partial charge in [-0.2, -0.15) is 0 Å². The molecule has 0 unspecified atom stereocenters. The number of rotatable bonds is 5. The van der Waals surface area contributed by atoms with Gasteiger partial charge >= 0.3 is 0 Å². The van der Waals surface area contributed by atoms with Crippen LogP contribution in [-0.4, -0.2) is 37.1 Å². The molecule has 0 saturated carbocycles. The SMILES string of the molecule is CN(CC(=O)Nc1cccc2ccccc12)C(=O)C=Cc1ccc2c(c1)OCO2. The number of hydrogen-bond donors (Lipinski definition) is 1. The predicted molar refractivity (Wildman–Crippen MR) is 112 cm³/mol. The van der Waals surface area contributed by atoms with Crippen LogP contribution >= 0.6 is 0 Å². The highest BCUT2D eigenvalue weighted by Crippen LogP contribution is 2.32. The van der Waals surface area contributed by atoms with Crippen LogP contribution in [0.1, 0.15) is 5.56 Å². The zero-order valence-corrected chi connectivity index (χ0v) is 15.9. The lowest BCUT2D eigenvalue weighted by Crippen LogP contribution is -2.33. The standard InChI is InChI=1S/C23H20N2O4/c1-25(23(27)12-10-16-9-11-20-21(13-16)29-15-28-20)14-22(26)24-19-8-4-6-17-5-2-3-7-18(17)19/h2-13H,14-15H2,1H3,(H,24,26). The van der Waals surface area contributed by atoms with Gasteiger partial charge < -0.3 is 19.7 Å². The molecule has 0 spiro atoms. The molecule has 6 heteroatoms. The van der Waals surface area contributed by atoms with E-state index in [1.165, 1.54) is 11.0 Å². The summed E-state index contributed by atoms with van der Waals surface area (Å²) >= 11 is 0. The minimum absolute atomic E-state index is 0.0481. The zero-order chi connectivity index (χ0) is 20.2. The molecule has 0 radical (unpaired) electrons. The first kappa shape index (κ1) is 18.6. The van der Waals surface area contributed by atoms with Crippen LogP contribution < -0.4 is 14.8 Å². The minimum Gasteiger partial charge on any atom is -0.454 e. The van der Waals surface area contributed by atoms with Crippen molar-refractivity contribution in [3.05, 3.63) is 72.3 Å². The highest BCUT2D eigenvalue weighted by molar-refractivity contribution is 6.04. The van der Waals surface area contributed by atoms with Crippen LogP contribution in [0.25, 0.3) is 16.8 Å². The summed E-state index contributed by atoms with van der Waals surface area (Å²) in [5.74, 6) is 0.822. The Hall–Kier alpha value is -3.80. The molecule has 29 heavy (non-hydrogen) atoms. The van der Waals surface area contributed by atoms with E-state index >= 15 is 0 Å². The predicted octanol–water partition coefficient (Wildman–Crippen LogP) is 3.68. The van der Waals surface area contributed by atoms with Gasteiger partial charge in [-0.3, -0.25) is 9.59 Å². The maximum atomic E-state index is 12.4. The Morgan fingerprint density at radius 2 is 1.83 bits per heavy atom. The smallest absolute Gasteiger partial charge is 0.246 e. The van der Waals surface area contributed by atoms with Crippen LogP contribution in [0.5, 0.6) is 11.5 Å². The van der Waals surface area contributed by atoms with Crippen molar-refractivity contribution in [3.63, 3.8) is 0 Å². The molecule has 146 valence electrons. The molecule has 1 aliphatic rings. The number of carbonyl (C=O) groups excluding carboxylic acids is 2. The number of amides is 2. The first-order chi connectivity index (χ1) is 14.1. The molecule has 0 bridgehead atoms. The van der Waals surface area contributed by atoms with Crippen molar-refractivity contribution >= 4 is 34.4 Å². The van der Waals surface area contributed by atoms with Crippen molar-refractivity contribution in [2.45, 2.75) is 0 Å². The van der Waals surface area contributed by atoms with Crippen molar-refractivity contribution in [1.29, 1.82) is 0 Å². The molecule has 6 nitrogen and oxygen atoms in total. The fourth-order valence-corrected chi connectivity index (χ4v) is 3.13.